The summed E-state index contributed by atoms with van der Waals surface area (Å²) in [5.41, 5.74) is 3.51. The third kappa shape index (κ3) is 5.11. The van der Waals surface area contributed by atoms with Crippen LogP contribution in [0.2, 0.25) is 5.02 Å². The lowest BCUT2D eigenvalue weighted by molar-refractivity contribution is -0.112. The van der Waals surface area contributed by atoms with Gasteiger partial charge in [-0.05, 0) is 47.7 Å². The van der Waals surface area contributed by atoms with Crippen LogP contribution in [0.3, 0.4) is 0 Å². The summed E-state index contributed by atoms with van der Waals surface area (Å²) in [4.78, 5) is 12.3. The van der Waals surface area contributed by atoms with E-state index < -0.39 is 5.91 Å². The van der Waals surface area contributed by atoms with Crippen LogP contribution in [0.25, 0.3) is 0 Å². The summed E-state index contributed by atoms with van der Waals surface area (Å²) < 4.78 is 0. The van der Waals surface area contributed by atoms with E-state index in [1.54, 1.807) is 12.1 Å². The second kappa shape index (κ2) is 8.07. The lowest BCUT2D eigenvalue weighted by Gasteiger charge is -2.19. The number of nitrogens with zero attached hydrogens (tertiary/aromatic N) is 1. The van der Waals surface area contributed by atoms with E-state index in [9.17, 15) is 10.1 Å². The molecular weight excluding hydrogens is 346 g/mol. The molecule has 0 spiro atoms. The van der Waals surface area contributed by atoms with Crippen molar-refractivity contribution in [1.29, 1.82) is 5.26 Å². The summed E-state index contributed by atoms with van der Waals surface area (Å²) in [5, 5.41) is 15.5. The molecule has 5 heteroatoms. The Morgan fingerprint density at radius 3 is 2.38 bits per heavy atom. The second-order valence-electron chi connectivity index (χ2n) is 7.05. The molecule has 0 fully saturated rings. The highest BCUT2D eigenvalue weighted by Crippen LogP contribution is 2.24. The van der Waals surface area contributed by atoms with Crippen molar-refractivity contribution in [3.05, 3.63) is 70.4 Å². The van der Waals surface area contributed by atoms with Gasteiger partial charge in [0.05, 0.1) is 0 Å². The van der Waals surface area contributed by atoms with Gasteiger partial charge in [-0.2, -0.15) is 5.26 Å². The van der Waals surface area contributed by atoms with Crippen LogP contribution in [0, 0.1) is 18.3 Å². The van der Waals surface area contributed by atoms with Crippen LogP contribution in [0.1, 0.15) is 31.9 Å². The van der Waals surface area contributed by atoms with Crippen molar-refractivity contribution in [1.82, 2.24) is 0 Å². The van der Waals surface area contributed by atoms with Gasteiger partial charge in [0.1, 0.15) is 11.6 Å². The topological polar surface area (TPSA) is 64.9 Å². The van der Waals surface area contributed by atoms with Crippen LogP contribution >= 0.6 is 11.6 Å². The van der Waals surface area contributed by atoms with E-state index in [2.05, 4.69) is 31.4 Å². The normalized spacial score (nSPS) is 11.6. The molecule has 0 aliphatic heterocycles. The molecule has 0 aliphatic carbocycles. The molecule has 0 aromatic heterocycles. The van der Waals surface area contributed by atoms with Crippen molar-refractivity contribution in [2.24, 2.45) is 0 Å². The Labute approximate surface area is 159 Å². The van der Waals surface area contributed by atoms with Gasteiger partial charge in [-0.1, -0.05) is 50.6 Å². The van der Waals surface area contributed by atoms with Gasteiger partial charge in [0.15, 0.2) is 0 Å². The van der Waals surface area contributed by atoms with Crippen LogP contribution in [0.15, 0.2) is 54.2 Å². The number of carbonyl (C=O) groups is 1. The molecule has 2 aromatic carbocycles. The van der Waals surface area contributed by atoms with Gasteiger partial charge in [-0.25, -0.2) is 0 Å². The molecule has 1 amide bonds. The molecule has 2 aromatic rings. The average molecular weight is 368 g/mol. The monoisotopic (exact) mass is 367 g/mol. The molecule has 0 heterocycles. The standard InChI is InChI=1S/C21H22ClN3O/c1-14-5-8-17(22)11-19(14)25-20(26)15(12-23)13-24-18-9-6-16(7-10-18)21(2,3)4/h5-11,13,24H,1-4H3,(H,25,26)/b15-13-. The van der Waals surface area contributed by atoms with E-state index >= 15 is 0 Å². The van der Waals surface area contributed by atoms with Crippen molar-refractivity contribution >= 4 is 28.9 Å². The maximum Gasteiger partial charge on any atom is 0.267 e. The Morgan fingerprint density at radius 2 is 1.81 bits per heavy atom. The number of benzene rings is 2. The lowest BCUT2D eigenvalue weighted by atomic mass is 9.87. The van der Waals surface area contributed by atoms with Gasteiger partial charge in [0, 0.05) is 22.6 Å². The van der Waals surface area contributed by atoms with E-state index in [1.165, 1.54) is 11.8 Å². The zero-order chi connectivity index (χ0) is 19.3. The third-order valence-corrected chi connectivity index (χ3v) is 4.18. The molecule has 4 nitrogen and oxygen atoms in total. The van der Waals surface area contributed by atoms with E-state index in [1.807, 2.05) is 43.3 Å². The van der Waals surface area contributed by atoms with Crippen LogP contribution in [0.5, 0.6) is 0 Å². The lowest BCUT2D eigenvalue weighted by Crippen LogP contribution is -2.15. The largest absolute Gasteiger partial charge is 0.360 e. The quantitative estimate of drug-likeness (QED) is 0.561. The predicted molar refractivity (Wildman–Crippen MR) is 107 cm³/mol. The van der Waals surface area contributed by atoms with Gasteiger partial charge in [0.25, 0.3) is 5.91 Å². The second-order valence-corrected chi connectivity index (χ2v) is 7.49. The fraction of sp³-hybridized carbons (Fsp3) is 0.238. The summed E-state index contributed by atoms with van der Waals surface area (Å²) in [6.07, 6.45) is 1.40. The summed E-state index contributed by atoms with van der Waals surface area (Å²) in [7, 11) is 0. The molecule has 0 saturated heterocycles. The van der Waals surface area contributed by atoms with Crippen molar-refractivity contribution < 1.29 is 4.79 Å². The molecule has 0 aliphatic rings. The van der Waals surface area contributed by atoms with Gasteiger partial charge >= 0.3 is 0 Å². The number of nitrogens with one attached hydrogen (secondary N) is 2. The van der Waals surface area contributed by atoms with Crippen molar-refractivity contribution in [3.63, 3.8) is 0 Å². The highest BCUT2D eigenvalue weighted by molar-refractivity contribution is 6.31. The van der Waals surface area contributed by atoms with Gasteiger partial charge in [-0.3, -0.25) is 4.79 Å². The number of hydrogen-bond acceptors (Lipinski definition) is 3. The number of amides is 1. The van der Waals surface area contributed by atoms with Gasteiger partial charge < -0.3 is 10.6 Å². The van der Waals surface area contributed by atoms with Crippen LogP contribution in [-0.2, 0) is 10.2 Å². The van der Waals surface area contributed by atoms with Crippen LogP contribution in [-0.4, -0.2) is 5.91 Å². The van der Waals surface area contributed by atoms with Crippen LogP contribution in [0.4, 0.5) is 11.4 Å². The first-order valence-corrected chi connectivity index (χ1v) is 8.63. The predicted octanol–water partition coefficient (Wildman–Crippen LogP) is 5.40. The number of anilines is 2. The van der Waals surface area contributed by atoms with E-state index in [0.29, 0.717) is 10.7 Å². The van der Waals surface area contributed by atoms with Crippen LogP contribution < -0.4 is 10.6 Å². The SMILES string of the molecule is Cc1ccc(Cl)cc1NC(=O)/C(C#N)=C\Nc1ccc(C(C)(C)C)cc1. The number of rotatable bonds is 4. The first-order valence-electron chi connectivity index (χ1n) is 8.25. The summed E-state index contributed by atoms with van der Waals surface area (Å²) in [6.45, 7) is 8.29. The van der Waals surface area contributed by atoms with Gasteiger partial charge in [-0.15, -0.1) is 0 Å². The first-order chi connectivity index (χ1) is 12.2. The van der Waals surface area contributed by atoms with Crippen molar-refractivity contribution in [3.8, 4) is 6.07 Å². The van der Waals surface area contributed by atoms with Crippen molar-refractivity contribution in [2.45, 2.75) is 33.1 Å². The van der Waals surface area contributed by atoms with Gasteiger partial charge in [0.2, 0.25) is 0 Å². The molecule has 2 rings (SSSR count). The number of aryl methyl sites for hydroxylation is 1. The van der Waals surface area contributed by atoms with E-state index in [-0.39, 0.29) is 11.0 Å². The molecule has 134 valence electrons. The minimum absolute atomic E-state index is 0.0238. The number of halogens is 1. The first kappa shape index (κ1) is 19.6. The zero-order valence-corrected chi connectivity index (χ0v) is 16.1. The van der Waals surface area contributed by atoms with E-state index in [0.717, 1.165) is 11.3 Å². The molecule has 0 saturated carbocycles. The van der Waals surface area contributed by atoms with E-state index in [4.69, 9.17) is 11.6 Å². The Hall–Kier alpha value is -2.77. The maximum absolute atomic E-state index is 12.3. The zero-order valence-electron chi connectivity index (χ0n) is 15.4. The van der Waals surface area contributed by atoms with Crippen molar-refractivity contribution in [2.75, 3.05) is 10.6 Å². The Kier molecular flexibility index (Phi) is 6.07. The molecule has 2 N–H and O–H groups in total. The number of nitriles is 1. The summed E-state index contributed by atoms with van der Waals surface area (Å²) in [5.74, 6) is -0.489. The maximum atomic E-state index is 12.3. The average Bonchev–Trinajstić information content (AvgIpc) is 2.58. The Balaban J connectivity index is 2.11. The number of carbonyl (C=O) groups excluding carboxylic acids is 1. The molecule has 0 bridgehead atoms. The number of hydrogen-bond donors (Lipinski definition) is 2. The summed E-state index contributed by atoms with van der Waals surface area (Å²) in [6, 6.07) is 15.0. The Bertz CT molecular complexity index is 872. The highest BCUT2D eigenvalue weighted by Gasteiger charge is 2.13. The molecule has 0 atom stereocenters. The minimum atomic E-state index is -0.489. The fourth-order valence-corrected chi connectivity index (χ4v) is 2.46. The minimum Gasteiger partial charge on any atom is -0.360 e. The Morgan fingerprint density at radius 1 is 1.15 bits per heavy atom. The fourth-order valence-electron chi connectivity index (χ4n) is 2.29. The highest BCUT2D eigenvalue weighted by atomic mass is 35.5. The third-order valence-electron chi connectivity index (χ3n) is 3.95. The molecular formula is C21H22ClN3O. The molecule has 0 radical (unpaired) electrons. The smallest absolute Gasteiger partial charge is 0.267 e. The molecule has 0 unspecified atom stereocenters. The molecule has 26 heavy (non-hydrogen) atoms. The summed E-state index contributed by atoms with van der Waals surface area (Å²) >= 11 is 5.96.